The molecule has 0 heterocycles. The molecular formula is C16H8I2. The Bertz CT molecular complexity index is 827. The molecule has 4 rings (SSSR count). The van der Waals surface area contributed by atoms with Gasteiger partial charge in [-0.25, -0.2) is 0 Å². The van der Waals surface area contributed by atoms with E-state index in [-0.39, 0.29) is 0 Å². The third-order valence-electron chi connectivity index (χ3n) is 3.52. The lowest BCUT2D eigenvalue weighted by molar-refractivity contribution is 1.73. The Morgan fingerprint density at radius 2 is 1.11 bits per heavy atom. The van der Waals surface area contributed by atoms with Gasteiger partial charge >= 0.3 is 0 Å². The van der Waals surface area contributed by atoms with Crippen molar-refractivity contribution in [3.8, 4) is 0 Å². The van der Waals surface area contributed by atoms with Gasteiger partial charge in [0.1, 0.15) is 0 Å². The Morgan fingerprint density at radius 3 is 1.67 bits per heavy atom. The van der Waals surface area contributed by atoms with Crippen molar-refractivity contribution in [3.63, 3.8) is 0 Å². The molecule has 0 saturated heterocycles. The molecule has 0 aliphatic carbocycles. The summed E-state index contributed by atoms with van der Waals surface area (Å²) >= 11 is 4.89. The van der Waals surface area contributed by atoms with Crippen molar-refractivity contribution >= 4 is 77.5 Å². The first kappa shape index (κ1) is 11.2. The van der Waals surface area contributed by atoms with Crippen LogP contribution in [0.3, 0.4) is 0 Å². The van der Waals surface area contributed by atoms with E-state index < -0.39 is 0 Å². The van der Waals surface area contributed by atoms with Gasteiger partial charge in [-0.05, 0) is 89.6 Å². The molecule has 0 fully saturated rings. The minimum absolute atomic E-state index is 1.33. The van der Waals surface area contributed by atoms with Crippen LogP contribution in [0.2, 0.25) is 0 Å². The molecule has 0 aliphatic rings. The zero-order valence-corrected chi connectivity index (χ0v) is 13.7. The molecule has 0 bridgehead atoms. The quantitative estimate of drug-likeness (QED) is 0.233. The average molecular weight is 454 g/mol. The standard InChI is InChI=1S/C16H8I2/c17-13-7-9-3-1-4-10-8-14(18)12-6-2-5-11(13)16(12)15(9)10/h1-8H. The van der Waals surface area contributed by atoms with E-state index in [4.69, 9.17) is 0 Å². The van der Waals surface area contributed by atoms with E-state index in [1.807, 2.05) is 0 Å². The summed E-state index contributed by atoms with van der Waals surface area (Å²) in [5.41, 5.74) is 0. The summed E-state index contributed by atoms with van der Waals surface area (Å²) in [5, 5.41) is 8.26. The first-order chi connectivity index (χ1) is 8.75. The van der Waals surface area contributed by atoms with E-state index in [0.29, 0.717) is 0 Å². The molecule has 0 saturated carbocycles. The molecule has 0 aliphatic heterocycles. The fourth-order valence-electron chi connectivity index (χ4n) is 2.77. The third kappa shape index (κ3) is 1.42. The van der Waals surface area contributed by atoms with Crippen molar-refractivity contribution in [1.29, 1.82) is 0 Å². The van der Waals surface area contributed by atoms with Crippen LogP contribution in [0.4, 0.5) is 0 Å². The maximum atomic E-state index is 2.44. The fourth-order valence-corrected chi connectivity index (χ4v) is 4.34. The van der Waals surface area contributed by atoms with Crippen molar-refractivity contribution in [2.45, 2.75) is 0 Å². The molecule has 0 spiro atoms. The van der Waals surface area contributed by atoms with Crippen LogP contribution in [0.5, 0.6) is 0 Å². The second kappa shape index (κ2) is 3.93. The van der Waals surface area contributed by atoms with Crippen LogP contribution in [0.15, 0.2) is 48.5 Å². The van der Waals surface area contributed by atoms with Gasteiger partial charge in [-0.1, -0.05) is 36.4 Å². The second-order valence-corrected chi connectivity index (χ2v) is 6.85. The molecule has 0 unspecified atom stereocenters. The number of hydrogen-bond donors (Lipinski definition) is 0. The van der Waals surface area contributed by atoms with Gasteiger partial charge in [-0.3, -0.25) is 0 Å². The molecule has 0 amide bonds. The monoisotopic (exact) mass is 454 g/mol. The van der Waals surface area contributed by atoms with Gasteiger partial charge in [0.25, 0.3) is 0 Å². The van der Waals surface area contributed by atoms with Gasteiger partial charge in [-0.2, -0.15) is 0 Å². The normalized spacial score (nSPS) is 11.9. The van der Waals surface area contributed by atoms with Crippen LogP contribution in [-0.2, 0) is 0 Å². The van der Waals surface area contributed by atoms with E-state index in [0.717, 1.165) is 0 Å². The molecule has 0 atom stereocenters. The summed E-state index contributed by atoms with van der Waals surface area (Å²) in [4.78, 5) is 0. The van der Waals surface area contributed by atoms with E-state index in [9.17, 15) is 0 Å². The highest BCUT2D eigenvalue weighted by Gasteiger charge is 2.12. The predicted octanol–water partition coefficient (Wildman–Crippen LogP) is 5.79. The Kier molecular flexibility index (Phi) is 2.45. The van der Waals surface area contributed by atoms with Gasteiger partial charge in [-0.15, -0.1) is 0 Å². The maximum Gasteiger partial charge on any atom is 0.0215 e. The number of benzene rings is 4. The molecule has 0 radical (unpaired) electrons. The molecule has 18 heavy (non-hydrogen) atoms. The van der Waals surface area contributed by atoms with Gasteiger partial charge in [0.2, 0.25) is 0 Å². The summed E-state index contributed by atoms with van der Waals surface area (Å²) in [6.07, 6.45) is 0. The second-order valence-electron chi connectivity index (χ2n) is 4.52. The summed E-state index contributed by atoms with van der Waals surface area (Å²) < 4.78 is 2.67. The zero-order valence-electron chi connectivity index (χ0n) is 9.37. The van der Waals surface area contributed by atoms with Crippen molar-refractivity contribution in [2.24, 2.45) is 0 Å². The topological polar surface area (TPSA) is 0 Å². The number of rotatable bonds is 0. The summed E-state index contributed by atoms with van der Waals surface area (Å²) in [7, 11) is 0. The Balaban J connectivity index is 2.51. The van der Waals surface area contributed by atoms with E-state index in [2.05, 4.69) is 93.7 Å². The minimum Gasteiger partial charge on any atom is -0.0610 e. The Morgan fingerprint density at radius 1 is 0.611 bits per heavy atom. The molecule has 86 valence electrons. The summed E-state index contributed by atoms with van der Waals surface area (Å²) in [6.45, 7) is 0. The van der Waals surface area contributed by atoms with Crippen LogP contribution >= 0.6 is 45.2 Å². The lowest BCUT2D eigenvalue weighted by atomic mass is 9.94. The predicted molar refractivity (Wildman–Crippen MR) is 95.6 cm³/mol. The van der Waals surface area contributed by atoms with Crippen LogP contribution < -0.4 is 0 Å². The summed E-state index contributed by atoms with van der Waals surface area (Å²) in [5.74, 6) is 0. The average Bonchev–Trinajstić information content (AvgIpc) is 2.38. The molecule has 4 aromatic rings. The smallest absolute Gasteiger partial charge is 0.0215 e. The van der Waals surface area contributed by atoms with Crippen LogP contribution in [0.25, 0.3) is 32.3 Å². The van der Waals surface area contributed by atoms with E-state index in [1.54, 1.807) is 0 Å². The molecule has 4 aromatic carbocycles. The highest BCUT2D eigenvalue weighted by Crippen LogP contribution is 2.38. The lowest BCUT2D eigenvalue weighted by Crippen LogP contribution is -1.88. The number of hydrogen-bond acceptors (Lipinski definition) is 0. The van der Waals surface area contributed by atoms with Gasteiger partial charge < -0.3 is 0 Å². The van der Waals surface area contributed by atoms with Crippen molar-refractivity contribution in [2.75, 3.05) is 0 Å². The molecule has 2 heteroatoms. The van der Waals surface area contributed by atoms with Crippen molar-refractivity contribution < 1.29 is 0 Å². The van der Waals surface area contributed by atoms with Gasteiger partial charge in [0.05, 0.1) is 0 Å². The third-order valence-corrected chi connectivity index (χ3v) is 5.31. The van der Waals surface area contributed by atoms with Gasteiger partial charge in [0.15, 0.2) is 0 Å². The minimum atomic E-state index is 1.33. The molecule has 0 N–H and O–H groups in total. The highest BCUT2D eigenvalue weighted by atomic mass is 127. The van der Waals surface area contributed by atoms with E-state index in [1.165, 1.54) is 39.5 Å². The largest absolute Gasteiger partial charge is 0.0610 e. The number of halogens is 2. The Hall–Kier alpha value is -0.620. The zero-order chi connectivity index (χ0) is 12.3. The molecule has 0 aromatic heterocycles. The lowest BCUT2D eigenvalue weighted by Gasteiger charge is -2.13. The van der Waals surface area contributed by atoms with Gasteiger partial charge in [0, 0.05) is 7.14 Å². The first-order valence-corrected chi connectivity index (χ1v) is 7.93. The molecular weight excluding hydrogens is 446 g/mol. The highest BCUT2D eigenvalue weighted by molar-refractivity contribution is 14.1. The van der Waals surface area contributed by atoms with Crippen LogP contribution in [-0.4, -0.2) is 0 Å². The van der Waals surface area contributed by atoms with Crippen molar-refractivity contribution in [3.05, 3.63) is 55.7 Å². The first-order valence-electron chi connectivity index (χ1n) is 5.77. The maximum absolute atomic E-state index is 2.44. The van der Waals surface area contributed by atoms with Crippen molar-refractivity contribution in [1.82, 2.24) is 0 Å². The Labute approximate surface area is 132 Å². The van der Waals surface area contributed by atoms with Crippen LogP contribution in [0.1, 0.15) is 0 Å². The fraction of sp³-hybridized carbons (Fsp3) is 0. The molecule has 0 nitrogen and oxygen atoms in total. The SMILES string of the molecule is Ic1cc2cccc3cc(I)c4cccc1c4c23. The summed E-state index contributed by atoms with van der Waals surface area (Å²) in [6, 6.07) is 17.8. The van der Waals surface area contributed by atoms with Crippen LogP contribution in [0, 0.1) is 7.14 Å². The van der Waals surface area contributed by atoms with E-state index >= 15 is 0 Å².